The summed E-state index contributed by atoms with van der Waals surface area (Å²) in [6.07, 6.45) is 10.3. The van der Waals surface area contributed by atoms with Gasteiger partial charge in [-0.05, 0) is 51.0 Å². The summed E-state index contributed by atoms with van der Waals surface area (Å²) in [6.45, 7) is 4.51. The zero-order chi connectivity index (χ0) is 16.2. The highest BCUT2D eigenvalue weighted by Crippen LogP contribution is 2.16. The number of ether oxygens (including phenoxy) is 1. The zero-order valence-electron chi connectivity index (χ0n) is 13.5. The average Bonchev–Trinajstić information content (AvgIpc) is 2.56. The van der Waals surface area contributed by atoms with Crippen molar-refractivity contribution in [1.82, 2.24) is 0 Å². The van der Waals surface area contributed by atoms with Crippen molar-refractivity contribution in [2.75, 3.05) is 11.9 Å². The van der Waals surface area contributed by atoms with Crippen molar-refractivity contribution >= 4 is 21.7 Å². The molecule has 0 N–H and O–H groups in total. The minimum absolute atomic E-state index is 0.0434. The van der Waals surface area contributed by atoms with Crippen molar-refractivity contribution in [1.29, 1.82) is 0 Å². The maximum Gasteiger partial charge on any atom is 0.192 e. The Kier molecular flexibility index (Phi) is 9.56. The molecule has 22 heavy (non-hydrogen) atoms. The first-order valence-electron chi connectivity index (χ1n) is 7.85. The average molecular weight is 365 g/mol. The van der Waals surface area contributed by atoms with Gasteiger partial charge < -0.3 is 4.74 Å². The van der Waals surface area contributed by atoms with Gasteiger partial charge in [0, 0.05) is 16.5 Å². The van der Waals surface area contributed by atoms with E-state index in [-0.39, 0.29) is 5.78 Å². The van der Waals surface area contributed by atoms with E-state index in [2.05, 4.69) is 15.9 Å². The van der Waals surface area contributed by atoms with E-state index in [0.29, 0.717) is 11.1 Å². The monoisotopic (exact) mass is 364 g/mol. The van der Waals surface area contributed by atoms with Crippen molar-refractivity contribution in [2.45, 2.75) is 39.5 Å². The van der Waals surface area contributed by atoms with E-state index in [0.717, 1.165) is 24.1 Å². The number of alkyl halides is 1. The van der Waals surface area contributed by atoms with Gasteiger partial charge in [0.25, 0.3) is 0 Å². The van der Waals surface area contributed by atoms with E-state index in [1.54, 1.807) is 0 Å². The molecule has 1 rings (SSSR count). The molecule has 0 atom stereocenters. The molecule has 1 aromatic carbocycles. The summed E-state index contributed by atoms with van der Waals surface area (Å²) in [5.74, 6) is 0.868. The van der Waals surface area contributed by atoms with Crippen LogP contribution >= 0.6 is 15.9 Å². The summed E-state index contributed by atoms with van der Waals surface area (Å²) in [5, 5.41) is 1.07. The van der Waals surface area contributed by atoms with Crippen LogP contribution in [0.15, 0.2) is 48.1 Å². The topological polar surface area (TPSA) is 26.3 Å². The van der Waals surface area contributed by atoms with Gasteiger partial charge in [-0.1, -0.05) is 47.0 Å². The van der Waals surface area contributed by atoms with Gasteiger partial charge in [0.1, 0.15) is 5.75 Å². The molecule has 0 saturated heterocycles. The Morgan fingerprint density at radius 3 is 2.36 bits per heavy atom. The van der Waals surface area contributed by atoms with Crippen LogP contribution in [0.4, 0.5) is 0 Å². The molecule has 2 nitrogen and oxygen atoms in total. The third-order valence-electron chi connectivity index (χ3n) is 3.33. The lowest BCUT2D eigenvalue weighted by Gasteiger charge is -2.07. The van der Waals surface area contributed by atoms with Gasteiger partial charge in [-0.2, -0.15) is 0 Å². The number of unbranched alkanes of at least 4 members (excludes halogenated alkanes) is 3. The van der Waals surface area contributed by atoms with Crippen LogP contribution in [-0.4, -0.2) is 17.7 Å². The van der Waals surface area contributed by atoms with Gasteiger partial charge in [-0.3, -0.25) is 4.79 Å². The molecular formula is C19H25BrO2. The lowest BCUT2D eigenvalue weighted by atomic mass is 10.0. The van der Waals surface area contributed by atoms with Crippen molar-refractivity contribution in [3.05, 3.63) is 53.6 Å². The third kappa shape index (κ3) is 6.61. The largest absolute Gasteiger partial charge is 0.494 e. The Labute approximate surface area is 142 Å². The van der Waals surface area contributed by atoms with Crippen LogP contribution in [0, 0.1) is 0 Å². The fourth-order valence-electron chi connectivity index (χ4n) is 2.09. The van der Waals surface area contributed by atoms with E-state index < -0.39 is 0 Å². The summed E-state index contributed by atoms with van der Waals surface area (Å²) >= 11 is 3.43. The van der Waals surface area contributed by atoms with Gasteiger partial charge >= 0.3 is 0 Å². The minimum Gasteiger partial charge on any atom is -0.494 e. The molecular weight excluding hydrogens is 340 g/mol. The smallest absolute Gasteiger partial charge is 0.192 e. The first kappa shape index (κ1) is 18.7. The van der Waals surface area contributed by atoms with Crippen molar-refractivity contribution < 1.29 is 9.53 Å². The van der Waals surface area contributed by atoms with Crippen molar-refractivity contribution in [3.8, 4) is 5.75 Å². The van der Waals surface area contributed by atoms with Crippen LogP contribution in [0.1, 0.15) is 49.9 Å². The molecule has 0 radical (unpaired) electrons. The van der Waals surface area contributed by atoms with Crippen LogP contribution in [0.2, 0.25) is 0 Å². The highest BCUT2D eigenvalue weighted by molar-refractivity contribution is 9.09. The summed E-state index contributed by atoms with van der Waals surface area (Å²) in [5.41, 5.74) is 1.40. The number of hydrogen-bond acceptors (Lipinski definition) is 2. The second-order valence-corrected chi connectivity index (χ2v) is 5.84. The molecule has 3 heteroatoms. The van der Waals surface area contributed by atoms with Gasteiger partial charge in [0.15, 0.2) is 5.78 Å². The molecule has 0 saturated carbocycles. The Morgan fingerprint density at radius 1 is 1.09 bits per heavy atom. The van der Waals surface area contributed by atoms with Crippen LogP contribution < -0.4 is 4.74 Å². The normalized spacial score (nSPS) is 11.9. The molecule has 1 aromatic rings. The molecule has 0 bridgehead atoms. The SMILES string of the molecule is CC=CC(=CC)C(=O)c1ccc(OCCCCCCBr)cc1. The first-order valence-corrected chi connectivity index (χ1v) is 8.97. The fourth-order valence-corrected chi connectivity index (χ4v) is 2.49. The Morgan fingerprint density at radius 2 is 1.77 bits per heavy atom. The zero-order valence-corrected chi connectivity index (χ0v) is 15.1. The number of allylic oxidation sites excluding steroid dienone is 4. The highest BCUT2D eigenvalue weighted by Gasteiger charge is 2.08. The number of carbonyl (C=O) groups excluding carboxylic acids is 1. The van der Waals surface area contributed by atoms with E-state index in [1.807, 2.05) is 56.3 Å². The molecule has 0 aromatic heterocycles. The first-order chi connectivity index (χ1) is 10.7. The molecule has 0 heterocycles. The molecule has 0 unspecified atom stereocenters. The molecule has 0 amide bonds. The van der Waals surface area contributed by atoms with Crippen molar-refractivity contribution in [2.24, 2.45) is 0 Å². The standard InChI is InChI=1S/C19H25BrO2/c1-3-9-16(4-2)19(21)17-10-12-18(13-11-17)22-15-8-6-5-7-14-20/h3-4,9-13H,5-8,14-15H2,1-2H3. The highest BCUT2D eigenvalue weighted by atomic mass is 79.9. The summed E-state index contributed by atoms with van der Waals surface area (Å²) in [6, 6.07) is 7.40. The quantitative estimate of drug-likeness (QED) is 0.174. The van der Waals surface area contributed by atoms with E-state index >= 15 is 0 Å². The van der Waals surface area contributed by atoms with Crippen LogP contribution in [-0.2, 0) is 0 Å². The number of carbonyl (C=O) groups is 1. The van der Waals surface area contributed by atoms with E-state index in [4.69, 9.17) is 4.74 Å². The predicted octanol–water partition coefficient (Wildman–Crippen LogP) is 5.73. The van der Waals surface area contributed by atoms with Crippen LogP contribution in [0.5, 0.6) is 5.75 Å². The molecule has 120 valence electrons. The number of Topliss-reactive ketones (excluding diaryl/α,β-unsaturated/α-hetero) is 1. The van der Waals surface area contributed by atoms with Crippen molar-refractivity contribution in [3.63, 3.8) is 0 Å². The predicted molar refractivity (Wildman–Crippen MR) is 97.1 cm³/mol. The van der Waals surface area contributed by atoms with E-state index in [9.17, 15) is 4.79 Å². The Bertz CT molecular complexity index is 501. The Balaban J connectivity index is 2.47. The maximum atomic E-state index is 12.3. The van der Waals surface area contributed by atoms with Gasteiger partial charge in [-0.25, -0.2) is 0 Å². The lowest BCUT2D eigenvalue weighted by Crippen LogP contribution is -2.02. The molecule has 0 aliphatic rings. The number of rotatable bonds is 10. The number of ketones is 1. The molecule has 0 aliphatic carbocycles. The molecule has 0 spiro atoms. The number of halogens is 1. The minimum atomic E-state index is 0.0434. The summed E-state index contributed by atoms with van der Waals surface area (Å²) < 4.78 is 5.70. The van der Waals surface area contributed by atoms with Gasteiger partial charge in [-0.15, -0.1) is 0 Å². The Hall–Kier alpha value is -1.35. The second kappa shape index (κ2) is 11.2. The molecule has 0 fully saturated rings. The van der Waals surface area contributed by atoms with Crippen LogP contribution in [0.3, 0.4) is 0 Å². The number of benzene rings is 1. The third-order valence-corrected chi connectivity index (χ3v) is 3.89. The van der Waals surface area contributed by atoms with Gasteiger partial charge in [0.2, 0.25) is 0 Å². The van der Waals surface area contributed by atoms with E-state index in [1.165, 1.54) is 19.3 Å². The molecule has 0 aliphatic heterocycles. The second-order valence-electron chi connectivity index (χ2n) is 5.05. The number of hydrogen-bond donors (Lipinski definition) is 0. The van der Waals surface area contributed by atoms with Gasteiger partial charge in [0.05, 0.1) is 6.61 Å². The maximum absolute atomic E-state index is 12.3. The fraction of sp³-hybridized carbons (Fsp3) is 0.421. The summed E-state index contributed by atoms with van der Waals surface area (Å²) in [7, 11) is 0. The summed E-state index contributed by atoms with van der Waals surface area (Å²) in [4.78, 5) is 12.3. The lowest BCUT2D eigenvalue weighted by molar-refractivity contribution is 0.103. The van der Waals surface area contributed by atoms with Crippen LogP contribution in [0.25, 0.3) is 0 Å².